The summed E-state index contributed by atoms with van der Waals surface area (Å²) in [4.78, 5) is 11.3. The van der Waals surface area contributed by atoms with E-state index in [1.54, 1.807) is 19.1 Å². The van der Waals surface area contributed by atoms with Crippen molar-refractivity contribution in [1.29, 1.82) is 0 Å². The van der Waals surface area contributed by atoms with Crippen LogP contribution in [0.1, 0.15) is 12.5 Å². The van der Waals surface area contributed by atoms with Gasteiger partial charge in [0.15, 0.2) is 0 Å². The molecule has 1 rings (SSSR count). The van der Waals surface area contributed by atoms with Gasteiger partial charge in [0, 0.05) is 4.47 Å². The van der Waals surface area contributed by atoms with Gasteiger partial charge in [0.2, 0.25) is 0 Å². The summed E-state index contributed by atoms with van der Waals surface area (Å²) >= 11 is 12.6. The predicted octanol–water partition coefficient (Wildman–Crippen LogP) is 3.97. The van der Waals surface area contributed by atoms with Crippen molar-refractivity contribution in [2.24, 2.45) is 0 Å². The maximum absolute atomic E-state index is 11.3. The monoisotopic (exact) mass is 354 g/mol. The summed E-state index contributed by atoms with van der Waals surface area (Å²) in [6.45, 7) is 2.18. The molecular weight excluding hydrogens is 347 g/mol. The first kappa shape index (κ1) is 13.0. The molecule has 0 saturated carbocycles. The summed E-state index contributed by atoms with van der Waals surface area (Å²) in [5, 5.41) is 0.606. The Hall–Kier alpha value is -0.0600. The molecule has 1 aromatic rings. The number of halogens is 3. The smallest absolute Gasteiger partial charge is 0.310 e. The number of ether oxygens (including phenoxy) is 1. The summed E-state index contributed by atoms with van der Waals surface area (Å²) in [6, 6.07) is 3.54. The Bertz CT molecular complexity index is 380. The second-order valence-corrected chi connectivity index (χ2v) is 4.81. The van der Waals surface area contributed by atoms with Gasteiger partial charge in [-0.15, -0.1) is 0 Å². The second kappa shape index (κ2) is 5.87. The van der Waals surface area contributed by atoms with Crippen LogP contribution in [0.15, 0.2) is 21.1 Å². The molecule has 0 aliphatic carbocycles. The van der Waals surface area contributed by atoms with Crippen LogP contribution < -0.4 is 0 Å². The molecule has 0 aromatic heterocycles. The fourth-order valence-corrected chi connectivity index (χ4v) is 2.21. The highest BCUT2D eigenvalue weighted by Gasteiger charge is 2.11. The van der Waals surface area contributed by atoms with Crippen LogP contribution in [-0.4, -0.2) is 12.6 Å². The minimum atomic E-state index is -0.243. The summed E-state index contributed by atoms with van der Waals surface area (Å²) in [6.07, 6.45) is 0.240. The van der Waals surface area contributed by atoms with Gasteiger partial charge >= 0.3 is 5.97 Å². The number of rotatable bonds is 3. The fraction of sp³-hybridized carbons (Fsp3) is 0.300. The third kappa shape index (κ3) is 3.47. The molecule has 15 heavy (non-hydrogen) atoms. The molecule has 2 nitrogen and oxygen atoms in total. The molecule has 0 aliphatic heterocycles. The van der Waals surface area contributed by atoms with E-state index >= 15 is 0 Å². The van der Waals surface area contributed by atoms with Crippen molar-refractivity contribution >= 4 is 49.4 Å². The second-order valence-electron chi connectivity index (χ2n) is 2.82. The van der Waals surface area contributed by atoms with Crippen LogP contribution in [-0.2, 0) is 16.0 Å². The normalized spacial score (nSPS) is 10.1. The summed E-state index contributed by atoms with van der Waals surface area (Å²) in [5.41, 5.74) is 0.852. The highest BCUT2D eigenvalue weighted by atomic mass is 79.9. The Morgan fingerprint density at radius 1 is 1.40 bits per heavy atom. The van der Waals surface area contributed by atoms with Gasteiger partial charge in [-0.05, 0) is 50.4 Å². The van der Waals surface area contributed by atoms with E-state index in [1.807, 2.05) is 0 Å². The third-order valence-electron chi connectivity index (χ3n) is 1.76. The van der Waals surface area contributed by atoms with Crippen LogP contribution in [0.2, 0.25) is 5.02 Å². The molecule has 5 heteroatoms. The minimum absolute atomic E-state index is 0.240. The lowest BCUT2D eigenvalue weighted by Crippen LogP contribution is -2.08. The zero-order chi connectivity index (χ0) is 11.4. The number of hydrogen-bond acceptors (Lipinski definition) is 2. The lowest BCUT2D eigenvalue weighted by atomic mass is 10.1. The Labute approximate surface area is 110 Å². The van der Waals surface area contributed by atoms with Gasteiger partial charge in [0.25, 0.3) is 0 Å². The van der Waals surface area contributed by atoms with E-state index in [4.69, 9.17) is 16.3 Å². The fourth-order valence-electron chi connectivity index (χ4n) is 1.07. The van der Waals surface area contributed by atoms with Gasteiger partial charge in [-0.1, -0.05) is 17.7 Å². The van der Waals surface area contributed by atoms with Crippen LogP contribution >= 0.6 is 43.5 Å². The molecule has 0 amide bonds. The van der Waals surface area contributed by atoms with Gasteiger partial charge in [-0.25, -0.2) is 0 Å². The highest BCUT2D eigenvalue weighted by Crippen LogP contribution is 2.33. The number of carbonyl (C=O) groups is 1. The first-order chi connectivity index (χ1) is 7.06. The van der Waals surface area contributed by atoms with Crippen LogP contribution in [0, 0.1) is 0 Å². The largest absolute Gasteiger partial charge is 0.466 e. The first-order valence-electron chi connectivity index (χ1n) is 4.34. The molecule has 82 valence electrons. The molecule has 0 unspecified atom stereocenters. The van der Waals surface area contributed by atoms with Crippen molar-refractivity contribution in [3.63, 3.8) is 0 Å². The Balaban J connectivity index is 2.87. The Morgan fingerprint density at radius 3 is 2.67 bits per heavy atom. The average molecular weight is 356 g/mol. The van der Waals surface area contributed by atoms with E-state index in [0.717, 1.165) is 14.5 Å². The topological polar surface area (TPSA) is 26.3 Å². The zero-order valence-electron chi connectivity index (χ0n) is 8.02. The van der Waals surface area contributed by atoms with Crippen LogP contribution in [0.5, 0.6) is 0 Å². The quantitative estimate of drug-likeness (QED) is 0.605. The van der Waals surface area contributed by atoms with Crippen LogP contribution in [0.25, 0.3) is 0 Å². The van der Waals surface area contributed by atoms with Crippen molar-refractivity contribution in [2.45, 2.75) is 13.3 Å². The lowest BCUT2D eigenvalue weighted by Gasteiger charge is -2.07. The molecule has 0 fully saturated rings. The van der Waals surface area contributed by atoms with Gasteiger partial charge in [-0.3, -0.25) is 4.79 Å². The van der Waals surface area contributed by atoms with E-state index in [-0.39, 0.29) is 12.4 Å². The number of benzene rings is 1. The van der Waals surface area contributed by atoms with Crippen LogP contribution in [0.4, 0.5) is 0 Å². The molecule has 0 N–H and O–H groups in total. The maximum Gasteiger partial charge on any atom is 0.310 e. The number of esters is 1. The van der Waals surface area contributed by atoms with Crippen molar-refractivity contribution in [3.05, 3.63) is 31.7 Å². The van der Waals surface area contributed by atoms with E-state index in [9.17, 15) is 4.79 Å². The Morgan fingerprint density at radius 2 is 2.07 bits per heavy atom. The number of hydrogen-bond donors (Lipinski definition) is 0. The third-order valence-corrected chi connectivity index (χ3v) is 4.56. The molecule has 0 radical (unpaired) electrons. The molecule has 0 heterocycles. The van der Waals surface area contributed by atoms with E-state index in [1.165, 1.54) is 0 Å². The Kier molecular flexibility index (Phi) is 5.09. The molecule has 1 aromatic carbocycles. The van der Waals surface area contributed by atoms with Crippen molar-refractivity contribution in [3.8, 4) is 0 Å². The molecule has 0 aliphatic rings. The van der Waals surface area contributed by atoms with E-state index in [2.05, 4.69) is 31.9 Å². The predicted molar refractivity (Wildman–Crippen MR) is 67.2 cm³/mol. The number of carbonyl (C=O) groups excluding carboxylic acids is 1. The lowest BCUT2D eigenvalue weighted by molar-refractivity contribution is -0.142. The molecular formula is C10H9Br2ClO2. The van der Waals surface area contributed by atoms with Gasteiger partial charge in [0.05, 0.1) is 22.5 Å². The maximum atomic E-state index is 11.3. The SMILES string of the molecule is CCOC(=O)Cc1ccc(Cl)c(Br)c1Br. The average Bonchev–Trinajstić information content (AvgIpc) is 2.20. The molecule has 0 bridgehead atoms. The molecule has 0 atom stereocenters. The highest BCUT2D eigenvalue weighted by molar-refractivity contribution is 9.13. The summed E-state index contributed by atoms with van der Waals surface area (Å²) in [7, 11) is 0. The van der Waals surface area contributed by atoms with Crippen molar-refractivity contribution < 1.29 is 9.53 Å². The van der Waals surface area contributed by atoms with E-state index in [0.29, 0.717) is 11.6 Å². The minimum Gasteiger partial charge on any atom is -0.466 e. The molecule has 0 saturated heterocycles. The van der Waals surface area contributed by atoms with Crippen molar-refractivity contribution in [2.75, 3.05) is 6.61 Å². The van der Waals surface area contributed by atoms with E-state index < -0.39 is 0 Å². The summed E-state index contributed by atoms with van der Waals surface area (Å²) in [5.74, 6) is -0.243. The van der Waals surface area contributed by atoms with Crippen molar-refractivity contribution in [1.82, 2.24) is 0 Å². The summed E-state index contributed by atoms with van der Waals surface area (Å²) < 4.78 is 6.41. The van der Waals surface area contributed by atoms with Crippen LogP contribution in [0.3, 0.4) is 0 Å². The first-order valence-corrected chi connectivity index (χ1v) is 6.30. The van der Waals surface area contributed by atoms with Gasteiger partial charge in [-0.2, -0.15) is 0 Å². The zero-order valence-corrected chi connectivity index (χ0v) is 11.9. The van der Waals surface area contributed by atoms with Gasteiger partial charge in [0.1, 0.15) is 0 Å². The molecule has 0 spiro atoms. The van der Waals surface area contributed by atoms with Gasteiger partial charge < -0.3 is 4.74 Å². The standard InChI is InChI=1S/C10H9Br2ClO2/c1-2-15-8(14)5-6-3-4-7(13)10(12)9(6)11/h3-4H,2,5H2,1H3.